The van der Waals surface area contributed by atoms with Gasteiger partial charge in [0.1, 0.15) is 12.6 Å². The average Bonchev–Trinajstić information content (AvgIpc) is 2.74. The lowest BCUT2D eigenvalue weighted by atomic mass is 10.1. The monoisotopic (exact) mass is 448 g/mol. The van der Waals surface area contributed by atoms with E-state index in [1.807, 2.05) is 6.07 Å². The maximum absolute atomic E-state index is 12.4. The number of alkyl halides is 3. The van der Waals surface area contributed by atoms with Crippen LogP contribution in [0.4, 0.5) is 13.2 Å². The maximum atomic E-state index is 12.4. The molecule has 2 rings (SSSR count). The first-order valence-corrected chi connectivity index (χ1v) is 9.85. The third-order valence-electron chi connectivity index (χ3n) is 4.06. The first kappa shape index (κ1) is 24.0. The normalized spacial score (nSPS) is 11.7. The number of nitrogens with one attached hydrogen (secondary N) is 1. The van der Waals surface area contributed by atoms with E-state index in [-0.39, 0.29) is 35.6 Å². The van der Waals surface area contributed by atoms with Crippen LogP contribution in [0.25, 0.3) is 0 Å². The standard InChI is InChI=1S/C22H19F3N2O3S/c1-3-12-30-19-10-4-15(13-20(19)29-2)5-11-21(28)27-18(14-26)16-6-8-17(9-7-16)31-22(23,24)25/h1,4,6-10,13,18H,5,11-12H2,2H3,(H,27,28). The van der Waals surface area contributed by atoms with E-state index in [1.54, 1.807) is 18.2 Å². The van der Waals surface area contributed by atoms with Crippen LogP contribution in [0.15, 0.2) is 47.4 Å². The third-order valence-corrected chi connectivity index (χ3v) is 4.80. The molecule has 0 aliphatic rings. The van der Waals surface area contributed by atoms with Crippen LogP contribution in [-0.2, 0) is 11.2 Å². The Bertz CT molecular complexity index is 979. The molecule has 1 amide bonds. The molecule has 1 N–H and O–H groups in total. The van der Waals surface area contributed by atoms with Gasteiger partial charge in [0.25, 0.3) is 0 Å². The highest BCUT2D eigenvalue weighted by Gasteiger charge is 2.29. The number of thioether (sulfide) groups is 1. The molecular formula is C22H19F3N2O3S. The molecule has 0 aromatic heterocycles. The molecule has 0 saturated heterocycles. The van der Waals surface area contributed by atoms with Crippen molar-refractivity contribution in [2.24, 2.45) is 0 Å². The van der Waals surface area contributed by atoms with Crippen molar-refractivity contribution < 1.29 is 27.4 Å². The number of aryl methyl sites for hydroxylation is 1. The van der Waals surface area contributed by atoms with Gasteiger partial charge in [-0.3, -0.25) is 4.79 Å². The molecule has 2 aromatic rings. The number of benzene rings is 2. The summed E-state index contributed by atoms with van der Waals surface area (Å²) in [4.78, 5) is 12.3. The van der Waals surface area contributed by atoms with Gasteiger partial charge in [0.15, 0.2) is 11.5 Å². The van der Waals surface area contributed by atoms with Crippen molar-refractivity contribution >= 4 is 17.7 Å². The molecule has 162 valence electrons. The molecule has 0 bridgehead atoms. The summed E-state index contributed by atoms with van der Waals surface area (Å²) in [6.07, 6.45) is 5.67. The fourth-order valence-electron chi connectivity index (χ4n) is 2.65. The van der Waals surface area contributed by atoms with Gasteiger partial charge in [0.2, 0.25) is 5.91 Å². The smallest absolute Gasteiger partial charge is 0.446 e. The Morgan fingerprint density at radius 1 is 1.23 bits per heavy atom. The largest absolute Gasteiger partial charge is 0.493 e. The number of nitriles is 1. The van der Waals surface area contributed by atoms with Crippen LogP contribution in [-0.4, -0.2) is 25.1 Å². The number of ether oxygens (including phenoxy) is 2. The van der Waals surface area contributed by atoms with E-state index in [2.05, 4.69) is 11.2 Å². The zero-order valence-electron chi connectivity index (χ0n) is 16.5. The molecule has 0 aliphatic carbocycles. The van der Waals surface area contributed by atoms with E-state index in [0.717, 1.165) is 5.56 Å². The van der Waals surface area contributed by atoms with Crippen LogP contribution in [0, 0.1) is 23.7 Å². The summed E-state index contributed by atoms with van der Waals surface area (Å²) < 4.78 is 47.9. The molecule has 1 unspecified atom stereocenters. The molecule has 5 nitrogen and oxygen atoms in total. The Morgan fingerprint density at radius 2 is 1.94 bits per heavy atom. The summed E-state index contributed by atoms with van der Waals surface area (Å²) in [5.74, 6) is 2.97. The van der Waals surface area contributed by atoms with Crippen molar-refractivity contribution in [3.63, 3.8) is 0 Å². The van der Waals surface area contributed by atoms with Crippen molar-refractivity contribution in [2.75, 3.05) is 13.7 Å². The van der Waals surface area contributed by atoms with Crippen molar-refractivity contribution in [3.05, 3.63) is 53.6 Å². The fourth-order valence-corrected chi connectivity index (χ4v) is 3.19. The van der Waals surface area contributed by atoms with Gasteiger partial charge in [0.05, 0.1) is 13.2 Å². The van der Waals surface area contributed by atoms with Crippen LogP contribution in [0.1, 0.15) is 23.6 Å². The number of amides is 1. The number of hydrogen-bond donors (Lipinski definition) is 1. The molecule has 2 aromatic carbocycles. The van der Waals surface area contributed by atoms with Gasteiger partial charge in [-0.05, 0) is 53.6 Å². The lowest BCUT2D eigenvalue weighted by Crippen LogP contribution is -2.27. The lowest BCUT2D eigenvalue weighted by molar-refractivity contribution is -0.121. The Morgan fingerprint density at radius 3 is 2.52 bits per heavy atom. The molecule has 1 atom stereocenters. The SMILES string of the molecule is C#CCOc1ccc(CCC(=O)NC(C#N)c2ccc(SC(F)(F)F)cc2)cc1OC. The first-order chi connectivity index (χ1) is 14.8. The molecule has 0 aliphatic heterocycles. The number of methoxy groups -OCH3 is 1. The molecule has 0 fully saturated rings. The first-order valence-electron chi connectivity index (χ1n) is 9.03. The molecule has 9 heteroatoms. The fraction of sp³-hybridized carbons (Fsp3) is 0.273. The van der Waals surface area contributed by atoms with Crippen molar-refractivity contribution in [1.29, 1.82) is 5.26 Å². The maximum Gasteiger partial charge on any atom is 0.446 e. The zero-order chi connectivity index (χ0) is 22.9. The van der Waals surface area contributed by atoms with E-state index in [0.29, 0.717) is 23.5 Å². The summed E-state index contributed by atoms with van der Waals surface area (Å²) in [6.45, 7) is 0.101. The van der Waals surface area contributed by atoms with Crippen LogP contribution in [0.2, 0.25) is 0 Å². The van der Waals surface area contributed by atoms with E-state index in [9.17, 15) is 23.2 Å². The Kier molecular flexibility index (Phi) is 8.65. The second kappa shape index (κ2) is 11.2. The van der Waals surface area contributed by atoms with Gasteiger partial charge in [-0.25, -0.2) is 0 Å². The summed E-state index contributed by atoms with van der Waals surface area (Å²) in [5.41, 5.74) is -3.17. The van der Waals surface area contributed by atoms with E-state index in [1.165, 1.54) is 31.4 Å². The highest BCUT2D eigenvalue weighted by atomic mass is 32.2. The predicted octanol–water partition coefficient (Wildman–Crippen LogP) is 4.63. The van der Waals surface area contributed by atoms with Gasteiger partial charge >= 0.3 is 5.51 Å². The van der Waals surface area contributed by atoms with Gasteiger partial charge < -0.3 is 14.8 Å². The Labute approximate surface area is 182 Å². The second-order valence-corrected chi connectivity index (χ2v) is 7.36. The molecule has 0 spiro atoms. The number of nitrogens with zero attached hydrogens (tertiary/aromatic N) is 1. The number of carbonyl (C=O) groups excluding carboxylic acids is 1. The highest BCUT2D eigenvalue weighted by molar-refractivity contribution is 8.00. The van der Waals surface area contributed by atoms with Gasteiger partial charge in [0, 0.05) is 11.3 Å². The van der Waals surface area contributed by atoms with Crippen LogP contribution < -0.4 is 14.8 Å². The number of halogens is 3. The molecule has 31 heavy (non-hydrogen) atoms. The van der Waals surface area contributed by atoms with Crippen molar-refractivity contribution in [1.82, 2.24) is 5.32 Å². The van der Waals surface area contributed by atoms with Crippen LogP contribution in [0.3, 0.4) is 0 Å². The minimum atomic E-state index is -4.39. The number of carbonyl (C=O) groups is 1. The van der Waals surface area contributed by atoms with Crippen LogP contribution >= 0.6 is 11.8 Å². The Hall–Kier alpha value is -3.30. The zero-order valence-corrected chi connectivity index (χ0v) is 17.3. The Balaban J connectivity index is 1.95. The highest BCUT2D eigenvalue weighted by Crippen LogP contribution is 2.37. The molecule has 0 radical (unpaired) electrons. The summed E-state index contributed by atoms with van der Waals surface area (Å²) in [5, 5.41) is 11.9. The van der Waals surface area contributed by atoms with E-state index >= 15 is 0 Å². The topological polar surface area (TPSA) is 71.3 Å². The van der Waals surface area contributed by atoms with E-state index < -0.39 is 11.6 Å². The quantitative estimate of drug-likeness (QED) is 0.447. The minimum Gasteiger partial charge on any atom is -0.493 e. The van der Waals surface area contributed by atoms with Gasteiger partial charge in [-0.2, -0.15) is 18.4 Å². The summed E-state index contributed by atoms with van der Waals surface area (Å²) in [7, 11) is 1.49. The van der Waals surface area contributed by atoms with E-state index in [4.69, 9.17) is 15.9 Å². The summed E-state index contributed by atoms with van der Waals surface area (Å²) in [6, 6.07) is 11.5. The summed E-state index contributed by atoms with van der Waals surface area (Å²) >= 11 is -0.243. The molecule has 0 heterocycles. The molecule has 0 saturated carbocycles. The number of hydrogen-bond acceptors (Lipinski definition) is 5. The van der Waals surface area contributed by atoms with Gasteiger partial charge in [-0.15, -0.1) is 6.42 Å². The average molecular weight is 448 g/mol. The number of terminal acetylenes is 1. The third kappa shape index (κ3) is 7.80. The lowest BCUT2D eigenvalue weighted by Gasteiger charge is -2.14. The van der Waals surface area contributed by atoms with Gasteiger partial charge in [-0.1, -0.05) is 24.1 Å². The number of rotatable bonds is 9. The minimum absolute atomic E-state index is 0.00267. The van der Waals surface area contributed by atoms with Crippen molar-refractivity contribution in [2.45, 2.75) is 29.3 Å². The molecular weight excluding hydrogens is 429 g/mol. The predicted molar refractivity (Wildman–Crippen MR) is 110 cm³/mol. The second-order valence-electron chi connectivity index (χ2n) is 6.22. The van der Waals surface area contributed by atoms with Crippen molar-refractivity contribution in [3.8, 4) is 29.9 Å². The van der Waals surface area contributed by atoms with Crippen LogP contribution in [0.5, 0.6) is 11.5 Å².